The first-order chi connectivity index (χ1) is 11.7. The number of methoxy groups -OCH3 is 1. The van der Waals surface area contributed by atoms with Crippen LogP contribution in [-0.4, -0.2) is 47.4 Å². The average Bonchev–Trinajstić information content (AvgIpc) is 3.32. The number of carbonyl (C=O) groups is 1. The Hall–Kier alpha value is -2.50. The molecule has 2 aliphatic heterocycles. The third kappa shape index (κ3) is 2.52. The molecule has 1 aromatic carbocycles. The normalized spacial score (nSPS) is 19.2. The molecule has 0 aliphatic carbocycles. The number of benzene rings is 1. The van der Waals surface area contributed by atoms with Gasteiger partial charge in [0.2, 0.25) is 5.88 Å². The van der Waals surface area contributed by atoms with Gasteiger partial charge < -0.3 is 14.4 Å². The molecule has 3 heterocycles. The van der Waals surface area contributed by atoms with Crippen LogP contribution in [0.5, 0.6) is 11.6 Å². The van der Waals surface area contributed by atoms with E-state index in [1.54, 1.807) is 25.0 Å². The summed E-state index contributed by atoms with van der Waals surface area (Å²) in [4.78, 5) is 14.7. The van der Waals surface area contributed by atoms with Gasteiger partial charge in [-0.1, -0.05) is 12.1 Å². The van der Waals surface area contributed by atoms with Crippen LogP contribution in [0.4, 0.5) is 0 Å². The Morgan fingerprint density at radius 3 is 3.12 bits per heavy atom. The molecule has 126 valence electrons. The monoisotopic (exact) mass is 327 g/mol. The molecular formula is C18H21N3O3. The Labute approximate surface area is 141 Å². The summed E-state index contributed by atoms with van der Waals surface area (Å²) in [6, 6.07) is 6.44. The van der Waals surface area contributed by atoms with Gasteiger partial charge in [0.15, 0.2) is 0 Å². The predicted molar refractivity (Wildman–Crippen MR) is 88.7 cm³/mol. The number of hydrogen-bond acceptors (Lipinski definition) is 4. The van der Waals surface area contributed by atoms with Crippen LogP contribution >= 0.6 is 0 Å². The molecular weight excluding hydrogens is 306 g/mol. The summed E-state index contributed by atoms with van der Waals surface area (Å²) in [6.07, 6.45) is 3.68. The lowest BCUT2D eigenvalue weighted by Gasteiger charge is -2.16. The lowest BCUT2D eigenvalue weighted by molar-refractivity contribution is 0.0787. The molecule has 2 aliphatic rings. The molecule has 4 rings (SSSR count). The minimum absolute atomic E-state index is 0.00746. The highest BCUT2D eigenvalue weighted by molar-refractivity contribution is 5.96. The highest BCUT2D eigenvalue weighted by Crippen LogP contribution is 2.33. The van der Waals surface area contributed by atoms with E-state index in [0.29, 0.717) is 17.4 Å². The maximum absolute atomic E-state index is 12.8. The predicted octanol–water partition coefficient (Wildman–Crippen LogP) is 1.99. The SMILES string of the molecule is COc1nn(C)cc1C(=O)N1CCC(c2ccc3c(c2)CCO3)C1. The molecule has 1 atom stereocenters. The van der Waals surface area contributed by atoms with Crippen LogP contribution in [0.25, 0.3) is 0 Å². The van der Waals surface area contributed by atoms with E-state index in [-0.39, 0.29) is 5.91 Å². The molecule has 0 N–H and O–H groups in total. The van der Waals surface area contributed by atoms with Crippen LogP contribution in [0.15, 0.2) is 24.4 Å². The van der Waals surface area contributed by atoms with Crippen LogP contribution < -0.4 is 9.47 Å². The fourth-order valence-electron chi connectivity index (χ4n) is 3.61. The summed E-state index contributed by atoms with van der Waals surface area (Å²) in [5, 5.41) is 4.17. The molecule has 1 saturated heterocycles. The molecule has 0 spiro atoms. The van der Waals surface area contributed by atoms with Gasteiger partial charge in [0.1, 0.15) is 11.3 Å². The van der Waals surface area contributed by atoms with E-state index in [9.17, 15) is 4.79 Å². The third-order valence-electron chi connectivity index (χ3n) is 4.88. The van der Waals surface area contributed by atoms with Crippen molar-refractivity contribution < 1.29 is 14.3 Å². The lowest BCUT2D eigenvalue weighted by Crippen LogP contribution is -2.28. The standard InChI is InChI=1S/C18H21N3O3/c1-20-11-15(17(19-20)23-2)18(22)21-7-5-14(10-21)12-3-4-16-13(9-12)6-8-24-16/h3-4,9,11,14H,5-8,10H2,1-2H3. The van der Waals surface area contributed by atoms with Gasteiger partial charge in [0, 0.05) is 38.7 Å². The van der Waals surface area contributed by atoms with E-state index in [1.165, 1.54) is 11.1 Å². The fourth-order valence-corrected chi connectivity index (χ4v) is 3.61. The largest absolute Gasteiger partial charge is 0.493 e. The average molecular weight is 327 g/mol. The first-order valence-electron chi connectivity index (χ1n) is 8.28. The van der Waals surface area contributed by atoms with Gasteiger partial charge in [0.25, 0.3) is 5.91 Å². The first-order valence-corrected chi connectivity index (χ1v) is 8.28. The van der Waals surface area contributed by atoms with Crippen molar-refractivity contribution in [2.45, 2.75) is 18.8 Å². The number of likely N-dealkylation sites (tertiary alicyclic amines) is 1. The van der Waals surface area contributed by atoms with E-state index in [1.807, 2.05) is 4.90 Å². The Bertz CT molecular complexity index is 784. The van der Waals surface area contributed by atoms with Crippen LogP contribution in [0.2, 0.25) is 0 Å². The Morgan fingerprint density at radius 1 is 1.42 bits per heavy atom. The molecule has 1 amide bonds. The van der Waals surface area contributed by atoms with Gasteiger partial charge in [-0.3, -0.25) is 9.48 Å². The summed E-state index contributed by atoms with van der Waals surface area (Å²) in [5.41, 5.74) is 3.11. The molecule has 1 fully saturated rings. The summed E-state index contributed by atoms with van der Waals surface area (Å²) in [7, 11) is 3.33. The van der Waals surface area contributed by atoms with Gasteiger partial charge in [-0.05, 0) is 23.6 Å². The number of aromatic nitrogens is 2. The minimum atomic E-state index is -0.00746. The van der Waals surface area contributed by atoms with Crippen molar-refractivity contribution in [2.75, 3.05) is 26.8 Å². The summed E-state index contributed by atoms with van der Waals surface area (Å²) >= 11 is 0. The van der Waals surface area contributed by atoms with Gasteiger partial charge >= 0.3 is 0 Å². The van der Waals surface area contributed by atoms with Crippen LogP contribution in [0.1, 0.15) is 33.8 Å². The van der Waals surface area contributed by atoms with Crippen molar-refractivity contribution in [3.63, 3.8) is 0 Å². The maximum Gasteiger partial charge on any atom is 0.260 e. The molecule has 0 bridgehead atoms. The molecule has 1 aromatic heterocycles. The second-order valence-corrected chi connectivity index (χ2v) is 6.43. The number of ether oxygens (including phenoxy) is 2. The Balaban J connectivity index is 1.51. The van der Waals surface area contributed by atoms with E-state index >= 15 is 0 Å². The van der Waals surface area contributed by atoms with Crippen LogP contribution in [0.3, 0.4) is 0 Å². The van der Waals surface area contributed by atoms with E-state index in [2.05, 4.69) is 23.3 Å². The molecule has 2 aromatic rings. The molecule has 6 nitrogen and oxygen atoms in total. The lowest BCUT2D eigenvalue weighted by atomic mass is 9.96. The van der Waals surface area contributed by atoms with Crippen molar-refractivity contribution in [1.29, 1.82) is 0 Å². The van der Waals surface area contributed by atoms with Gasteiger partial charge in [0.05, 0.1) is 13.7 Å². The molecule has 0 radical (unpaired) electrons. The number of carbonyl (C=O) groups excluding carboxylic acids is 1. The highest BCUT2D eigenvalue weighted by atomic mass is 16.5. The van der Waals surface area contributed by atoms with Gasteiger partial charge in [-0.15, -0.1) is 5.10 Å². The molecule has 1 unspecified atom stereocenters. The number of hydrogen-bond donors (Lipinski definition) is 0. The van der Waals surface area contributed by atoms with Crippen molar-refractivity contribution in [3.8, 4) is 11.6 Å². The van der Waals surface area contributed by atoms with E-state index in [4.69, 9.17) is 9.47 Å². The van der Waals surface area contributed by atoms with Crippen molar-refractivity contribution >= 4 is 5.91 Å². The zero-order valence-corrected chi connectivity index (χ0v) is 14.0. The summed E-state index contributed by atoms with van der Waals surface area (Å²) < 4.78 is 12.4. The number of aryl methyl sites for hydroxylation is 1. The molecule has 0 saturated carbocycles. The minimum Gasteiger partial charge on any atom is -0.493 e. The highest BCUT2D eigenvalue weighted by Gasteiger charge is 2.31. The zero-order valence-electron chi connectivity index (χ0n) is 14.0. The number of amides is 1. The number of nitrogens with zero attached hydrogens (tertiary/aromatic N) is 3. The zero-order chi connectivity index (χ0) is 16.7. The maximum atomic E-state index is 12.8. The Kier molecular flexibility index (Phi) is 3.67. The van der Waals surface area contributed by atoms with Gasteiger partial charge in [-0.25, -0.2) is 0 Å². The third-order valence-corrected chi connectivity index (χ3v) is 4.88. The van der Waals surface area contributed by atoms with E-state index < -0.39 is 0 Å². The van der Waals surface area contributed by atoms with Crippen LogP contribution in [-0.2, 0) is 13.5 Å². The second kappa shape index (κ2) is 5.85. The molecule has 6 heteroatoms. The van der Waals surface area contributed by atoms with Crippen LogP contribution in [0, 0.1) is 0 Å². The van der Waals surface area contributed by atoms with E-state index in [0.717, 1.165) is 38.3 Å². The first kappa shape index (κ1) is 15.1. The van der Waals surface area contributed by atoms with Gasteiger partial charge in [-0.2, -0.15) is 0 Å². The number of rotatable bonds is 3. The smallest absolute Gasteiger partial charge is 0.260 e. The molecule has 24 heavy (non-hydrogen) atoms. The quantitative estimate of drug-likeness (QED) is 0.865. The fraction of sp³-hybridized carbons (Fsp3) is 0.444. The summed E-state index contributed by atoms with van der Waals surface area (Å²) in [5.74, 6) is 1.76. The summed E-state index contributed by atoms with van der Waals surface area (Å²) in [6.45, 7) is 2.26. The van der Waals surface area contributed by atoms with Crippen molar-refractivity contribution in [3.05, 3.63) is 41.1 Å². The van der Waals surface area contributed by atoms with Crippen molar-refractivity contribution in [2.24, 2.45) is 7.05 Å². The second-order valence-electron chi connectivity index (χ2n) is 6.43. The van der Waals surface area contributed by atoms with Crippen molar-refractivity contribution in [1.82, 2.24) is 14.7 Å². The number of fused-ring (bicyclic) bond motifs is 1. The Morgan fingerprint density at radius 2 is 2.29 bits per heavy atom. The topological polar surface area (TPSA) is 56.6 Å².